The van der Waals surface area contributed by atoms with Gasteiger partial charge in [0.1, 0.15) is 6.61 Å². The van der Waals surface area contributed by atoms with E-state index < -0.39 is 5.95 Å². The molecule has 1 aromatic heterocycles. The van der Waals surface area contributed by atoms with E-state index in [2.05, 4.69) is 4.98 Å². The van der Waals surface area contributed by atoms with Crippen LogP contribution in [0.3, 0.4) is 0 Å². The summed E-state index contributed by atoms with van der Waals surface area (Å²) in [5.74, 6) is -0.420. The number of hydrogen-bond donors (Lipinski definition) is 0. The molecule has 0 saturated heterocycles. The van der Waals surface area contributed by atoms with Crippen molar-refractivity contribution in [2.45, 2.75) is 20.0 Å². The van der Waals surface area contributed by atoms with Crippen molar-refractivity contribution in [2.24, 2.45) is 0 Å². The first-order valence-corrected chi connectivity index (χ1v) is 4.55. The average molecular weight is 199 g/mol. The molecule has 0 N–H and O–H groups in total. The van der Waals surface area contributed by atoms with Crippen molar-refractivity contribution >= 4 is 0 Å². The van der Waals surface area contributed by atoms with Gasteiger partial charge in [-0.2, -0.15) is 4.39 Å². The van der Waals surface area contributed by atoms with Gasteiger partial charge < -0.3 is 9.47 Å². The number of aromatic nitrogens is 1. The summed E-state index contributed by atoms with van der Waals surface area (Å²) in [6, 6.07) is 3.17. The van der Waals surface area contributed by atoms with Gasteiger partial charge in [0.2, 0.25) is 0 Å². The lowest BCUT2D eigenvalue weighted by atomic mass is 10.4. The fraction of sp³-hybridized carbons (Fsp3) is 0.500. The Morgan fingerprint density at radius 1 is 1.43 bits per heavy atom. The molecule has 78 valence electrons. The maximum atomic E-state index is 12.9. The standard InChI is InChI=1S/C10H14FNO2/c1-8(2)13-6-7-14-9-4-3-5-12-10(9)11/h3-5,8H,6-7H2,1-2H3. The van der Waals surface area contributed by atoms with Gasteiger partial charge in [-0.3, -0.25) is 0 Å². The second kappa shape index (κ2) is 5.54. The van der Waals surface area contributed by atoms with Gasteiger partial charge in [-0.05, 0) is 26.0 Å². The minimum atomic E-state index is -0.586. The van der Waals surface area contributed by atoms with E-state index in [1.165, 1.54) is 12.3 Å². The second-order valence-electron chi connectivity index (χ2n) is 3.06. The third-order valence-electron chi connectivity index (χ3n) is 1.52. The summed E-state index contributed by atoms with van der Waals surface area (Å²) < 4.78 is 23.3. The van der Waals surface area contributed by atoms with E-state index in [1.807, 2.05) is 13.8 Å². The highest BCUT2D eigenvalue weighted by atomic mass is 19.1. The lowest BCUT2D eigenvalue weighted by Gasteiger charge is -2.08. The summed E-state index contributed by atoms with van der Waals surface area (Å²) in [5, 5.41) is 0. The number of ether oxygens (including phenoxy) is 2. The highest BCUT2D eigenvalue weighted by molar-refractivity contribution is 5.17. The van der Waals surface area contributed by atoms with Gasteiger partial charge in [0.15, 0.2) is 5.75 Å². The first-order chi connectivity index (χ1) is 6.70. The quantitative estimate of drug-likeness (QED) is 0.537. The summed E-state index contributed by atoms with van der Waals surface area (Å²) in [7, 11) is 0. The molecule has 1 rings (SSSR count). The molecule has 0 radical (unpaired) electrons. The van der Waals surface area contributed by atoms with Crippen LogP contribution in [0.1, 0.15) is 13.8 Å². The molecule has 1 aromatic rings. The van der Waals surface area contributed by atoms with Crippen molar-refractivity contribution in [3.8, 4) is 5.75 Å². The van der Waals surface area contributed by atoms with Crippen LogP contribution in [0.5, 0.6) is 5.75 Å². The van der Waals surface area contributed by atoms with Crippen molar-refractivity contribution in [2.75, 3.05) is 13.2 Å². The van der Waals surface area contributed by atoms with Crippen LogP contribution in [-0.2, 0) is 4.74 Å². The second-order valence-corrected chi connectivity index (χ2v) is 3.06. The van der Waals surface area contributed by atoms with E-state index in [9.17, 15) is 4.39 Å². The zero-order chi connectivity index (χ0) is 10.4. The van der Waals surface area contributed by atoms with Crippen LogP contribution < -0.4 is 4.74 Å². The largest absolute Gasteiger partial charge is 0.486 e. The molecular formula is C10H14FNO2. The van der Waals surface area contributed by atoms with Gasteiger partial charge in [-0.15, -0.1) is 0 Å². The van der Waals surface area contributed by atoms with E-state index in [1.54, 1.807) is 6.07 Å². The first kappa shape index (κ1) is 10.9. The van der Waals surface area contributed by atoms with Gasteiger partial charge in [0, 0.05) is 6.20 Å². The maximum Gasteiger partial charge on any atom is 0.255 e. The fourth-order valence-electron chi connectivity index (χ4n) is 0.914. The van der Waals surface area contributed by atoms with Crippen LogP contribution in [0.15, 0.2) is 18.3 Å². The molecule has 0 saturated carbocycles. The van der Waals surface area contributed by atoms with Crippen LogP contribution in [0.4, 0.5) is 4.39 Å². The topological polar surface area (TPSA) is 31.4 Å². The molecule has 4 heteroatoms. The Labute approximate surface area is 82.9 Å². The smallest absolute Gasteiger partial charge is 0.255 e. The summed E-state index contributed by atoms with van der Waals surface area (Å²) in [6.07, 6.45) is 1.55. The van der Waals surface area contributed by atoms with E-state index in [0.717, 1.165) is 0 Å². The number of hydrogen-bond acceptors (Lipinski definition) is 3. The van der Waals surface area contributed by atoms with Gasteiger partial charge in [-0.1, -0.05) is 0 Å². The third-order valence-corrected chi connectivity index (χ3v) is 1.52. The van der Waals surface area contributed by atoms with Crippen LogP contribution >= 0.6 is 0 Å². The molecule has 3 nitrogen and oxygen atoms in total. The molecule has 0 aliphatic rings. The molecule has 14 heavy (non-hydrogen) atoms. The van der Waals surface area contributed by atoms with Crippen molar-refractivity contribution in [3.63, 3.8) is 0 Å². The molecule has 1 heterocycles. The predicted octanol–water partition coefficient (Wildman–Crippen LogP) is 2.02. The van der Waals surface area contributed by atoms with Gasteiger partial charge >= 0.3 is 0 Å². The molecular weight excluding hydrogens is 185 g/mol. The van der Waals surface area contributed by atoms with E-state index in [0.29, 0.717) is 13.2 Å². The minimum Gasteiger partial charge on any atom is -0.486 e. The normalized spacial score (nSPS) is 10.6. The average Bonchev–Trinajstić information content (AvgIpc) is 2.15. The van der Waals surface area contributed by atoms with E-state index in [4.69, 9.17) is 9.47 Å². The minimum absolute atomic E-state index is 0.164. The predicted molar refractivity (Wildman–Crippen MR) is 50.8 cm³/mol. The first-order valence-electron chi connectivity index (χ1n) is 4.55. The summed E-state index contributed by atoms with van der Waals surface area (Å²) in [6.45, 7) is 4.65. The van der Waals surface area contributed by atoms with Crippen LogP contribution in [0.25, 0.3) is 0 Å². The van der Waals surface area contributed by atoms with E-state index >= 15 is 0 Å². The van der Waals surface area contributed by atoms with Crippen LogP contribution in [-0.4, -0.2) is 24.3 Å². The molecule has 0 aliphatic carbocycles. The third kappa shape index (κ3) is 3.70. The Hall–Kier alpha value is -1.16. The monoisotopic (exact) mass is 199 g/mol. The zero-order valence-corrected chi connectivity index (χ0v) is 8.37. The van der Waals surface area contributed by atoms with Crippen molar-refractivity contribution < 1.29 is 13.9 Å². The zero-order valence-electron chi connectivity index (χ0n) is 8.37. The number of pyridine rings is 1. The van der Waals surface area contributed by atoms with Gasteiger partial charge in [0.05, 0.1) is 12.7 Å². The van der Waals surface area contributed by atoms with Crippen molar-refractivity contribution in [3.05, 3.63) is 24.3 Å². The lowest BCUT2D eigenvalue weighted by molar-refractivity contribution is 0.0542. The Kier molecular flexibility index (Phi) is 4.32. The van der Waals surface area contributed by atoms with Gasteiger partial charge in [0.25, 0.3) is 5.95 Å². The van der Waals surface area contributed by atoms with Crippen molar-refractivity contribution in [1.82, 2.24) is 4.98 Å². The molecule has 0 amide bonds. The number of rotatable bonds is 5. The maximum absolute atomic E-state index is 12.9. The van der Waals surface area contributed by atoms with Crippen LogP contribution in [0.2, 0.25) is 0 Å². The lowest BCUT2D eigenvalue weighted by Crippen LogP contribution is -2.11. The molecule has 0 bridgehead atoms. The number of nitrogens with zero attached hydrogens (tertiary/aromatic N) is 1. The molecule has 0 spiro atoms. The Morgan fingerprint density at radius 2 is 2.21 bits per heavy atom. The molecule has 0 atom stereocenters. The molecule has 0 unspecified atom stereocenters. The Balaban J connectivity index is 2.28. The highest BCUT2D eigenvalue weighted by Gasteiger charge is 2.02. The molecule has 0 aliphatic heterocycles. The van der Waals surface area contributed by atoms with Crippen molar-refractivity contribution in [1.29, 1.82) is 0 Å². The number of halogens is 1. The Morgan fingerprint density at radius 3 is 2.86 bits per heavy atom. The summed E-state index contributed by atoms with van der Waals surface area (Å²) in [5.41, 5.74) is 0. The summed E-state index contributed by atoms with van der Waals surface area (Å²) >= 11 is 0. The fourth-order valence-corrected chi connectivity index (χ4v) is 0.914. The summed E-state index contributed by atoms with van der Waals surface area (Å²) in [4.78, 5) is 3.46. The Bertz CT molecular complexity index is 279. The van der Waals surface area contributed by atoms with Crippen LogP contribution in [0, 0.1) is 5.95 Å². The molecule has 0 fully saturated rings. The van der Waals surface area contributed by atoms with E-state index in [-0.39, 0.29) is 11.9 Å². The highest BCUT2D eigenvalue weighted by Crippen LogP contribution is 2.12. The van der Waals surface area contributed by atoms with Gasteiger partial charge in [-0.25, -0.2) is 4.98 Å². The SMILES string of the molecule is CC(C)OCCOc1cccnc1F. The molecule has 0 aromatic carbocycles.